The Morgan fingerprint density at radius 1 is 1.47 bits per heavy atom. The van der Waals surface area contributed by atoms with Crippen molar-refractivity contribution in [2.45, 2.75) is 13.3 Å². The number of nitrogen functional groups attached to an aromatic ring is 1. The molecule has 4 heteroatoms. The van der Waals surface area contributed by atoms with Crippen LogP contribution in [0.15, 0.2) is 18.2 Å². The summed E-state index contributed by atoms with van der Waals surface area (Å²) in [4.78, 5) is 11.6. The van der Waals surface area contributed by atoms with E-state index in [4.69, 9.17) is 15.2 Å². The SMILES string of the molecule is CCCOC(=O)c1cc(N)ccc1OC. The van der Waals surface area contributed by atoms with E-state index in [1.54, 1.807) is 18.2 Å². The Balaban J connectivity index is 2.90. The van der Waals surface area contributed by atoms with E-state index < -0.39 is 5.97 Å². The van der Waals surface area contributed by atoms with Crippen molar-refractivity contribution in [3.8, 4) is 5.75 Å². The highest BCUT2D eigenvalue weighted by Gasteiger charge is 2.13. The van der Waals surface area contributed by atoms with Crippen molar-refractivity contribution in [1.29, 1.82) is 0 Å². The third-order valence-electron chi connectivity index (χ3n) is 1.88. The summed E-state index contributed by atoms with van der Waals surface area (Å²) in [5, 5.41) is 0. The Labute approximate surface area is 89.0 Å². The third kappa shape index (κ3) is 2.87. The van der Waals surface area contributed by atoms with Crippen molar-refractivity contribution in [1.82, 2.24) is 0 Å². The molecule has 1 aromatic carbocycles. The predicted molar refractivity (Wildman–Crippen MR) is 58.0 cm³/mol. The lowest BCUT2D eigenvalue weighted by Gasteiger charge is -2.08. The van der Waals surface area contributed by atoms with Gasteiger partial charge in [-0.25, -0.2) is 4.79 Å². The molecule has 0 spiro atoms. The lowest BCUT2D eigenvalue weighted by atomic mass is 10.2. The molecule has 1 rings (SSSR count). The van der Waals surface area contributed by atoms with E-state index in [9.17, 15) is 4.79 Å². The highest BCUT2D eigenvalue weighted by Crippen LogP contribution is 2.21. The predicted octanol–water partition coefficient (Wildman–Crippen LogP) is 1.84. The number of ether oxygens (including phenoxy) is 2. The summed E-state index contributed by atoms with van der Waals surface area (Å²) in [7, 11) is 1.50. The Hall–Kier alpha value is -1.71. The molecule has 0 saturated heterocycles. The fourth-order valence-electron chi connectivity index (χ4n) is 1.16. The molecule has 0 aromatic heterocycles. The smallest absolute Gasteiger partial charge is 0.341 e. The van der Waals surface area contributed by atoms with E-state index in [0.717, 1.165) is 6.42 Å². The largest absolute Gasteiger partial charge is 0.496 e. The van der Waals surface area contributed by atoms with Gasteiger partial charge >= 0.3 is 5.97 Å². The van der Waals surface area contributed by atoms with Crippen LogP contribution in [0.25, 0.3) is 0 Å². The molecule has 0 bridgehead atoms. The number of hydrogen-bond donors (Lipinski definition) is 1. The van der Waals surface area contributed by atoms with Crippen LogP contribution in [0.1, 0.15) is 23.7 Å². The second kappa shape index (κ2) is 5.24. The molecule has 0 radical (unpaired) electrons. The summed E-state index contributed by atoms with van der Waals surface area (Å²) < 4.78 is 10.0. The van der Waals surface area contributed by atoms with Crippen LogP contribution < -0.4 is 10.5 Å². The molecule has 0 aliphatic carbocycles. The Kier molecular flexibility index (Phi) is 3.97. The lowest BCUT2D eigenvalue weighted by Crippen LogP contribution is -2.08. The minimum absolute atomic E-state index is 0.367. The summed E-state index contributed by atoms with van der Waals surface area (Å²) in [5.41, 5.74) is 6.47. The van der Waals surface area contributed by atoms with Crippen LogP contribution in [0.3, 0.4) is 0 Å². The van der Waals surface area contributed by atoms with Crippen LogP contribution in [0.2, 0.25) is 0 Å². The Bertz CT molecular complexity index is 350. The normalized spacial score (nSPS) is 9.73. The fourth-order valence-corrected chi connectivity index (χ4v) is 1.16. The highest BCUT2D eigenvalue weighted by molar-refractivity contribution is 5.93. The zero-order valence-electron chi connectivity index (χ0n) is 8.95. The number of benzene rings is 1. The molecule has 0 fully saturated rings. The molecule has 0 atom stereocenters. The Morgan fingerprint density at radius 3 is 2.80 bits per heavy atom. The summed E-state index contributed by atoms with van der Waals surface area (Å²) >= 11 is 0. The van der Waals surface area contributed by atoms with Crippen molar-refractivity contribution in [2.75, 3.05) is 19.5 Å². The number of nitrogens with two attached hydrogens (primary N) is 1. The number of carbonyl (C=O) groups is 1. The fraction of sp³-hybridized carbons (Fsp3) is 0.364. The van der Waals surface area contributed by atoms with Crippen molar-refractivity contribution in [3.05, 3.63) is 23.8 Å². The van der Waals surface area contributed by atoms with Gasteiger partial charge in [0.25, 0.3) is 0 Å². The number of methoxy groups -OCH3 is 1. The minimum Gasteiger partial charge on any atom is -0.496 e. The van der Waals surface area contributed by atoms with Crippen LogP contribution in [0.5, 0.6) is 5.75 Å². The first kappa shape index (κ1) is 11.4. The van der Waals surface area contributed by atoms with Crippen molar-refractivity contribution in [3.63, 3.8) is 0 Å². The number of hydrogen-bond acceptors (Lipinski definition) is 4. The van der Waals surface area contributed by atoms with Gasteiger partial charge in [-0.1, -0.05) is 6.92 Å². The first-order valence-electron chi connectivity index (χ1n) is 4.79. The standard InChI is InChI=1S/C11H15NO3/c1-3-6-15-11(13)9-7-8(12)4-5-10(9)14-2/h4-5,7H,3,6,12H2,1-2H3. The molecule has 0 heterocycles. The van der Waals surface area contributed by atoms with Crippen LogP contribution in [0, 0.1) is 0 Å². The molecule has 0 saturated carbocycles. The van der Waals surface area contributed by atoms with Gasteiger partial charge in [-0.05, 0) is 24.6 Å². The summed E-state index contributed by atoms with van der Waals surface area (Å²) in [6.45, 7) is 2.33. The molecule has 2 N–H and O–H groups in total. The summed E-state index contributed by atoms with van der Waals surface area (Å²) in [5.74, 6) is 0.0753. The van der Waals surface area contributed by atoms with Gasteiger partial charge in [-0.15, -0.1) is 0 Å². The molecular weight excluding hydrogens is 194 g/mol. The van der Waals surface area contributed by atoms with E-state index in [1.807, 2.05) is 6.92 Å². The second-order valence-electron chi connectivity index (χ2n) is 3.10. The van der Waals surface area contributed by atoms with Crippen LogP contribution in [-0.4, -0.2) is 19.7 Å². The average Bonchev–Trinajstić information content (AvgIpc) is 2.25. The number of esters is 1. The molecule has 82 valence electrons. The lowest BCUT2D eigenvalue weighted by molar-refractivity contribution is 0.0501. The molecule has 0 aliphatic heterocycles. The first-order valence-corrected chi connectivity index (χ1v) is 4.79. The maximum atomic E-state index is 11.6. The van der Waals surface area contributed by atoms with Gasteiger partial charge in [0.15, 0.2) is 0 Å². The van der Waals surface area contributed by atoms with Crippen molar-refractivity contribution >= 4 is 11.7 Å². The molecular formula is C11H15NO3. The van der Waals surface area contributed by atoms with Crippen molar-refractivity contribution in [2.24, 2.45) is 0 Å². The van der Waals surface area contributed by atoms with E-state index in [2.05, 4.69) is 0 Å². The molecule has 4 nitrogen and oxygen atoms in total. The number of rotatable bonds is 4. The van der Waals surface area contributed by atoms with Crippen LogP contribution >= 0.6 is 0 Å². The molecule has 0 amide bonds. The van der Waals surface area contributed by atoms with Crippen LogP contribution in [0.4, 0.5) is 5.69 Å². The maximum Gasteiger partial charge on any atom is 0.341 e. The van der Waals surface area contributed by atoms with Gasteiger partial charge < -0.3 is 15.2 Å². The molecule has 0 unspecified atom stereocenters. The zero-order chi connectivity index (χ0) is 11.3. The minimum atomic E-state index is -0.402. The average molecular weight is 209 g/mol. The summed E-state index contributed by atoms with van der Waals surface area (Å²) in [6.07, 6.45) is 0.788. The van der Waals surface area contributed by atoms with Crippen LogP contribution in [-0.2, 0) is 4.74 Å². The monoisotopic (exact) mass is 209 g/mol. The molecule has 0 aliphatic rings. The van der Waals surface area contributed by atoms with Gasteiger partial charge in [-0.3, -0.25) is 0 Å². The zero-order valence-corrected chi connectivity index (χ0v) is 8.95. The molecule has 15 heavy (non-hydrogen) atoms. The third-order valence-corrected chi connectivity index (χ3v) is 1.88. The van der Waals surface area contributed by atoms with Gasteiger partial charge in [0, 0.05) is 5.69 Å². The van der Waals surface area contributed by atoms with E-state index in [0.29, 0.717) is 23.6 Å². The highest BCUT2D eigenvalue weighted by atomic mass is 16.5. The molecule has 1 aromatic rings. The number of carbonyl (C=O) groups excluding carboxylic acids is 1. The summed E-state index contributed by atoms with van der Waals surface area (Å²) in [6, 6.07) is 4.88. The Morgan fingerprint density at radius 2 is 2.20 bits per heavy atom. The quantitative estimate of drug-likeness (QED) is 0.607. The second-order valence-corrected chi connectivity index (χ2v) is 3.10. The van der Waals surface area contributed by atoms with Gasteiger partial charge in [0.2, 0.25) is 0 Å². The maximum absolute atomic E-state index is 11.6. The number of anilines is 1. The van der Waals surface area contributed by atoms with Gasteiger partial charge in [-0.2, -0.15) is 0 Å². The van der Waals surface area contributed by atoms with E-state index in [-0.39, 0.29) is 0 Å². The topological polar surface area (TPSA) is 61.5 Å². The first-order chi connectivity index (χ1) is 7.19. The van der Waals surface area contributed by atoms with Crippen molar-refractivity contribution < 1.29 is 14.3 Å². The van der Waals surface area contributed by atoms with Gasteiger partial charge in [0.05, 0.1) is 13.7 Å². The van der Waals surface area contributed by atoms with Gasteiger partial charge in [0.1, 0.15) is 11.3 Å². The van der Waals surface area contributed by atoms with E-state index >= 15 is 0 Å². The van der Waals surface area contributed by atoms with E-state index in [1.165, 1.54) is 7.11 Å².